The summed E-state index contributed by atoms with van der Waals surface area (Å²) in [6.45, 7) is 2.84. The number of benzene rings is 2. The first kappa shape index (κ1) is 12.1. The molecule has 0 aliphatic rings. The third-order valence-corrected chi connectivity index (χ3v) is 3.63. The summed E-state index contributed by atoms with van der Waals surface area (Å²) < 4.78 is 5.46. The molecule has 0 bridgehead atoms. The van der Waals surface area contributed by atoms with Gasteiger partial charge in [0.05, 0.1) is 0 Å². The van der Waals surface area contributed by atoms with Crippen LogP contribution in [0.1, 0.15) is 12.5 Å². The summed E-state index contributed by atoms with van der Waals surface area (Å²) in [6, 6.07) is 20.1. The zero-order valence-corrected chi connectivity index (χ0v) is 11.0. The zero-order chi connectivity index (χ0) is 11.9. The van der Waals surface area contributed by atoms with Gasteiger partial charge < -0.3 is 4.43 Å². The molecule has 0 spiro atoms. The van der Waals surface area contributed by atoms with Crippen molar-refractivity contribution in [2.45, 2.75) is 13.0 Å². The van der Waals surface area contributed by atoms with Gasteiger partial charge in [-0.15, -0.1) is 0 Å². The molecule has 0 fully saturated rings. The van der Waals surface area contributed by atoms with E-state index in [0.29, 0.717) is 9.76 Å². The Morgan fingerprint density at radius 2 is 1.65 bits per heavy atom. The molecule has 0 unspecified atom stereocenters. The predicted octanol–water partition coefficient (Wildman–Crippen LogP) is 3.51. The van der Waals surface area contributed by atoms with Gasteiger partial charge in [0.15, 0.2) is 0 Å². The van der Waals surface area contributed by atoms with E-state index in [1.165, 1.54) is 16.7 Å². The van der Waals surface area contributed by atoms with Crippen molar-refractivity contribution < 1.29 is 4.43 Å². The van der Waals surface area contributed by atoms with Crippen LogP contribution in [-0.4, -0.2) is 16.4 Å². The maximum atomic E-state index is 5.46. The summed E-state index contributed by atoms with van der Waals surface area (Å²) >= 11 is 0. The van der Waals surface area contributed by atoms with E-state index in [1.54, 1.807) is 0 Å². The van der Waals surface area contributed by atoms with Crippen molar-refractivity contribution in [1.82, 2.24) is 0 Å². The Hall–Kier alpha value is -1.38. The predicted molar refractivity (Wildman–Crippen MR) is 73.0 cm³/mol. The largest absolute Gasteiger partial charge is 0.417 e. The van der Waals surface area contributed by atoms with Gasteiger partial charge in [-0.05, 0) is 29.7 Å². The fourth-order valence-corrected chi connectivity index (χ4v) is 2.57. The summed E-state index contributed by atoms with van der Waals surface area (Å²) in [5, 5.41) is 0. The molecular formula is C15H16OSi. The van der Waals surface area contributed by atoms with Crippen molar-refractivity contribution >= 4 is 9.76 Å². The molecule has 0 atom stereocenters. The molecule has 2 heteroatoms. The maximum absolute atomic E-state index is 5.46. The van der Waals surface area contributed by atoms with Crippen LogP contribution in [-0.2, 0) is 10.5 Å². The van der Waals surface area contributed by atoms with E-state index in [4.69, 9.17) is 4.43 Å². The maximum Gasteiger partial charge on any atom is 0.234 e. The summed E-state index contributed by atoms with van der Waals surface area (Å²) in [6.07, 6.45) is 0. The van der Waals surface area contributed by atoms with Crippen molar-refractivity contribution in [2.24, 2.45) is 0 Å². The second-order valence-electron chi connectivity index (χ2n) is 3.78. The number of hydrogen-bond acceptors (Lipinski definition) is 1. The third kappa shape index (κ3) is 3.28. The van der Waals surface area contributed by atoms with Crippen LogP contribution >= 0.6 is 0 Å². The number of rotatable bonds is 5. The van der Waals surface area contributed by atoms with Gasteiger partial charge in [0, 0.05) is 6.61 Å². The van der Waals surface area contributed by atoms with Crippen molar-refractivity contribution in [3.63, 3.8) is 0 Å². The molecule has 0 N–H and O–H groups in total. The van der Waals surface area contributed by atoms with Crippen LogP contribution in [0.2, 0.25) is 0 Å². The van der Waals surface area contributed by atoms with Gasteiger partial charge in [-0.1, -0.05) is 54.6 Å². The molecule has 0 saturated heterocycles. The van der Waals surface area contributed by atoms with Crippen LogP contribution in [0.3, 0.4) is 0 Å². The Labute approximate surface area is 105 Å². The lowest BCUT2D eigenvalue weighted by atomic mass is 10.0. The average Bonchev–Trinajstić information content (AvgIpc) is 2.41. The second kappa shape index (κ2) is 6.38. The molecule has 0 heterocycles. The van der Waals surface area contributed by atoms with E-state index in [-0.39, 0.29) is 0 Å². The van der Waals surface area contributed by atoms with Gasteiger partial charge in [0.1, 0.15) is 0 Å². The summed E-state index contributed by atoms with van der Waals surface area (Å²) in [5.74, 6) is 0. The highest BCUT2D eigenvalue weighted by Crippen LogP contribution is 2.23. The molecule has 0 aliphatic carbocycles. The van der Waals surface area contributed by atoms with E-state index >= 15 is 0 Å². The monoisotopic (exact) mass is 240 g/mol. The molecular weight excluding hydrogens is 224 g/mol. The second-order valence-corrected chi connectivity index (χ2v) is 4.71. The highest BCUT2D eigenvalue weighted by Gasteiger charge is 2.04. The number of hydrogen-bond donors (Lipinski definition) is 0. The van der Waals surface area contributed by atoms with Gasteiger partial charge in [-0.3, -0.25) is 0 Å². The Balaban J connectivity index is 2.22. The minimum absolute atomic E-state index is 0.551. The zero-order valence-electron chi connectivity index (χ0n) is 10.0. The fraction of sp³-hybridized carbons (Fsp3) is 0.200. The van der Waals surface area contributed by atoms with E-state index in [1.807, 2.05) is 13.0 Å². The van der Waals surface area contributed by atoms with Crippen molar-refractivity contribution in [1.29, 1.82) is 0 Å². The minimum atomic E-state index is 0.551. The smallest absolute Gasteiger partial charge is 0.234 e. The van der Waals surface area contributed by atoms with Crippen LogP contribution in [0.25, 0.3) is 11.1 Å². The van der Waals surface area contributed by atoms with E-state index < -0.39 is 0 Å². The Bertz CT molecular complexity index is 453. The topological polar surface area (TPSA) is 9.23 Å². The third-order valence-electron chi connectivity index (χ3n) is 2.61. The molecule has 0 aromatic heterocycles. The lowest BCUT2D eigenvalue weighted by molar-refractivity contribution is 0.360. The highest BCUT2D eigenvalue weighted by atomic mass is 28.2. The quantitative estimate of drug-likeness (QED) is 0.574. The summed E-state index contributed by atoms with van der Waals surface area (Å²) in [4.78, 5) is 0. The fourth-order valence-electron chi connectivity index (χ4n) is 1.80. The molecule has 2 aromatic rings. The van der Waals surface area contributed by atoms with E-state index in [0.717, 1.165) is 12.7 Å². The normalized spacial score (nSPS) is 10.4. The Morgan fingerprint density at radius 1 is 0.941 bits per heavy atom. The van der Waals surface area contributed by atoms with E-state index in [9.17, 15) is 0 Å². The first-order chi connectivity index (χ1) is 8.42. The van der Waals surface area contributed by atoms with Crippen molar-refractivity contribution in [2.75, 3.05) is 6.61 Å². The van der Waals surface area contributed by atoms with Gasteiger partial charge in [-0.2, -0.15) is 0 Å². The first-order valence-corrected chi connectivity index (χ1v) is 7.01. The minimum Gasteiger partial charge on any atom is -0.417 e. The molecule has 2 rings (SSSR count). The molecule has 2 radical (unpaired) electrons. The summed E-state index contributed by atoms with van der Waals surface area (Å²) in [5.41, 5.74) is 3.97. The Kier molecular flexibility index (Phi) is 4.53. The lowest BCUT2D eigenvalue weighted by Crippen LogP contribution is -2.03. The molecule has 1 nitrogen and oxygen atoms in total. The van der Waals surface area contributed by atoms with Crippen LogP contribution < -0.4 is 0 Å². The molecule has 0 saturated carbocycles. The molecule has 2 aromatic carbocycles. The highest BCUT2D eigenvalue weighted by molar-refractivity contribution is 6.26. The van der Waals surface area contributed by atoms with Crippen LogP contribution in [0, 0.1) is 0 Å². The van der Waals surface area contributed by atoms with Crippen molar-refractivity contribution in [3.8, 4) is 11.1 Å². The molecule has 0 amide bonds. The van der Waals surface area contributed by atoms with Crippen LogP contribution in [0.5, 0.6) is 0 Å². The van der Waals surface area contributed by atoms with Crippen LogP contribution in [0.15, 0.2) is 54.6 Å². The van der Waals surface area contributed by atoms with Gasteiger partial charge in [0.25, 0.3) is 0 Å². The molecule has 86 valence electrons. The van der Waals surface area contributed by atoms with Crippen molar-refractivity contribution in [3.05, 3.63) is 60.2 Å². The molecule has 0 aliphatic heterocycles. The standard InChI is InChI=1S/C15H16OSi/c1-2-16-17-12-14-10-6-7-11-15(14)13-8-4-3-5-9-13/h3-11H,2,12H2,1H3. The van der Waals surface area contributed by atoms with Gasteiger partial charge in [-0.25, -0.2) is 0 Å². The van der Waals surface area contributed by atoms with Gasteiger partial charge in [0.2, 0.25) is 9.76 Å². The van der Waals surface area contributed by atoms with Gasteiger partial charge >= 0.3 is 0 Å². The Morgan fingerprint density at radius 3 is 2.41 bits per heavy atom. The molecule has 17 heavy (non-hydrogen) atoms. The first-order valence-electron chi connectivity index (χ1n) is 5.90. The SMILES string of the molecule is CCO[Si]Cc1ccccc1-c1ccccc1. The lowest BCUT2D eigenvalue weighted by Gasteiger charge is -2.08. The van der Waals surface area contributed by atoms with Crippen LogP contribution in [0.4, 0.5) is 0 Å². The van der Waals surface area contributed by atoms with E-state index in [2.05, 4.69) is 48.5 Å². The summed E-state index contributed by atoms with van der Waals surface area (Å²) in [7, 11) is 0.551. The average molecular weight is 240 g/mol.